The molecule has 9 aliphatic rings. The summed E-state index contributed by atoms with van der Waals surface area (Å²) in [6.45, 7) is 27.5. The van der Waals surface area contributed by atoms with Crippen molar-refractivity contribution < 1.29 is 89.9 Å². The Hall–Kier alpha value is -13.6. The van der Waals surface area contributed by atoms with Gasteiger partial charge in [-0.05, 0) is 91.5 Å². The fourth-order valence-electron chi connectivity index (χ4n) is 15.1. The number of oxazole rings is 4. The van der Waals surface area contributed by atoms with Gasteiger partial charge in [0.25, 0.3) is 0 Å². The lowest BCUT2D eigenvalue weighted by Gasteiger charge is -2.40. The zero-order valence-electron chi connectivity index (χ0n) is 74.2. The second kappa shape index (κ2) is 43.0. The number of aryl methyl sites for hydroxylation is 4. The van der Waals surface area contributed by atoms with Crippen LogP contribution in [0, 0.1) is 45.4 Å². The fraction of sp³-hybridized carbons (Fsp3) is 0.457. The molecule has 4 amide bonds. The first-order valence-corrected chi connectivity index (χ1v) is 43.7. The van der Waals surface area contributed by atoms with Crippen LogP contribution < -0.4 is 25.8 Å². The predicted octanol–water partition coefficient (Wildman–Crippen LogP) is 9.69. The van der Waals surface area contributed by atoms with E-state index < -0.39 is 41.6 Å². The number of carbonyl (C=O) groups is 8. The maximum atomic E-state index is 12.6. The Bertz CT molecular complexity index is 5650. The minimum atomic E-state index is -0.864. The third-order valence-corrected chi connectivity index (χ3v) is 22.7. The first-order chi connectivity index (χ1) is 62.7. The molecule has 0 radical (unpaired) electrons. The van der Waals surface area contributed by atoms with E-state index >= 15 is 0 Å². The van der Waals surface area contributed by atoms with Gasteiger partial charge in [-0.1, -0.05) is 91.0 Å². The number of anilines is 2. The number of carboxylic acid groups (broad SMARTS) is 2. The number of carbonyl (C=O) groups excluding carboxylic acids is 6. The van der Waals surface area contributed by atoms with Gasteiger partial charge in [-0.15, -0.1) is 0 Å². The molecule has 7 saturated heterocycles. The van der Waals surface area contributed by atoms with Crippen molar-refractivity contribution in [3.63, 3.8) is 0 Å². The Balaban J connectivity index is 0.000000127. The smallest absolute Gasteiger partial charge is 0.410 e. The summed E-state index contributed by atoms with van der Waals surface area (Å²) in [5.41, 5.74) is 12.5. The van der Waals surface area contributed by atoms with E-state index in [2.05, 4.69) is 55.9 Å². The molecule has 17 heterocycles. The van der Waals surface area contributed by atoms with Crippen LogP contribution in [0.15, 0.2) is 158 Å². The number of ether oxygens (including phenoxy) is 5. The molecule has 3 aromatic carbocycles. The summed E-state index contributed by atoms with van der Waals surface area (Å²) in [5, 5.41) is 35.4. The van der Waals surface area contributed by atoms with E-state index in [1.807, 2.05) is 167 Å². The summed E-state index contributed by atoms with van der Waals surface area (Å²) in [6.07, 6.45) is 12.3. The summed E-state index contributed by atoms with van der Waals surface area (Å²) < 4.78 is 51.5. The van der Waals surface area contributed by atoms with Gasteiger partial charge in [0, 0.05) is 147 Å². The van der Waals surface area contributed by atoms with Gasteiger partial charge < -0.3 is 96.9 Å². The third-order valence-electron chi connectivity index (χ3n) is 22.7. The molecule has 5 N–H and O–H groups in total. The molecule has 0 atom stereocenters. The van der Waals surface area contributed by atoms with Crippen LogP contribution in [0.1, 0.15) is 137 Å². The number of carboxylic acids is 2. The first kappa shape index (κ1) is 92.6. The number of nitrogens with one attached hydrogen (secondary N) is 3. The van der Waals surface area contributed by atoms with Crippen molar-refractivity contribution in [2.45, 2.75) is 130 Å². The Morgan fingerprint density at radius 2 is 0.800 bits per heavy atom. The molecule has 7 fully saturated rings. The van der Waals surface area contributed by atoms with Gasteiger partial charge in [-0.3, -0.25) is 19.2 Å². The molecule has 0 unspecified atom stereocenters. The molecule has 38 heteroatoms. The number of benzene rings is 3. The fourth-order valence-corrected chi connectivity index (χ4v) is 15.1. The molecule has 130 heavy (non-hydrogen) atoms. The Labute approximate surface area is 750 Å². The van der Waals surface area contributed by atoms with Gasteiger partial charge in [0.1, 0.15) is 68.7 Å². The van der Waals surface area contributed by atoms with Crippen molar-refractivity contribution in [3.8, 4) is 0 Å². The van der Waals surface area contributed by atoms with Crippen molar-refractivity contribution in [3.05, 3.63) is 226 Å². The van der Waals surface area contributed by atoms with Gasteiger partial charge in [0.2, 0.25) is 17.7 Å². The monoisotopic (exact) mass is 1790 g/mol. The average Bonchev–Trinajstić information content (AvgIpc) is 1.66. The number of ketones is 1. The lowest BCUT2D eigenvalue weighted by atomic mass is 9.98. The van der Waals surface area contributed by atoms with Gasteiger partial charge in [0.05, 0.1) is 88.0 Å². The molecule has 0 spiro atoms. The second-order valence-corrected chi connectivity index (χ2v) is 34.3. The number of nitrogens with zero attached hydrogens (tertiary/aromatic N) is 16. The van der Waals surface area contributed by atoms with E-state index in [-0.39, 0.29) is 87.6 Å². The van der Waals surface area contributed by atoms with Crippen molar-refractivity contribution >= 4 is 71.0 Å². The standard InChI is InChI=1S/C22H28N6O3.C17H20N6O.C15H16N2O3.C15H17NO5.C12H13NO4.C7H10N2O.C4H7NO2/c1-14-13-30-19(24-14)15-11-27(12-15)20-16-6-9-26(21(29)31-22(2,3)4)10-7-17(16)25-18-5-8-23-28(18)20;1-11-10-24-16(20-11)12-8-22(9-12)17-13-2-5-18-6-3-14(13)21-15-4-7-19-23(15)17;1-11-9-19-14(16-11)13-7-17(8-13)15(18)20-10-12-5-3-2-4-6-12;1-11(17)9-20-14(18)13-7-16(8-13)15(19)21-10-12-5-3-2-4-6-12;14-11(15)10-6-13(7-10)12(16)17-8-9-4-2-1-3-5-9;1-5-4-10-7(9-5)6-2-8-3-6;6-4(7)3-1-5-2-3/h5,8,13,15H,6-7,9-12H2,1-4H3;4,7,10,12,18H,2-3,5-6,8-9H2,1H3;2-6,9,13H,7-8,10H2,1H3;2-6,13H,7-10H2,1H3;1-5,10H,6-8H2,(H,14,15);4,6,8H,2-3H2,1H3;3,5H,1-2H2,(H,6,7). The van der Waals surface area contributed by atoms with E-state index in [0.717, 1.165) is 151 Å². The highest BCUT2D eigenvalue weighted by atomic mass is 16.6. The van der Waals surface area contributed by atoms with E-state index in [1.165, 1.54) is 33.8 Å². The molecular formula is C92H111N19O19. The summed E-state index contributed by atoms with van der Waals surface area (Å²) in [7, 11) is 0. The van der Waals surface area contributed by atoms with Crippen molar-refractivity contribution in [1.82, 2.24) is 84.7 Å². The van der Waals surface area contributed by atoms with E-state index in [0.29, 0.717) is 76.4 Å². The van der Waals surface area contributed by atoms with Crippen LogP contribution in [-0.2, 0) is 88.4 Å². The maximum Gasteiger partial charge on any atom is 0.410 e. The summed E-state index contributed by atoms with van der Waals surface area (Å²) >= 11 is 0. The summed E-state index contributed by atoms with van der Waals surface area (Å²) in [5.74, 6) is 3.71. The lowest BCUT2D eigenvalue weighted by molar-refractivity contribution is -0.156. The van der Waals surface area contributed by atoms with Crippen LogP contribution >= 0.6 is 0 Å². The van der Waals surface area contributed by atoms with Crippen molar-refractivity contribution in [2.24, 2.45) is 17.8 Å². The molecule has 0 bridgehead atoms. The number of hydrogen-bond donors (Lipinski definition) is 5. The number of hydrogen-bond acceptors (Lipinski definition) is 30. The van der Waals surface area contributed by atoms with Crippen LogP contribution in [0.25, 0.3) is 11.3 Å². The minimum Gasteiger partial charge on any atom is -0.481 e. The number of esters is 1. The number of rotatable bonds is 17. The predicted molar refractivity (Wildman–Crippen MR) is 470 cm³/mol. The minimum absolute atomic E-state index is 0.111. The first-order valence-electron chi connectivity index (χ1n) is 43.7. The number of aromatic nitrogens is 10. The van der Waals surface area contributed by atoms with E-state index in [4.69, 9.17) is 61.5 Å². The number of amides is 4. The molecule has 38 nitrogen and oxygen atoms in total. The van der Waals surface area contributed by atoms with Crippen LogP contribution in [0.3, 0.4) is 0 Å². The molecule has 20 rings (SSSR count). The number of Topliss-reactive ketones (excluding diaryl/α,β-unsaturated/α-hetero) is 1. The molecule has 688 valence electrons. The third kappa shape index (κ3) is 24.4. The molecule has 9 aliphatic heterocycles. The van der Waals surface area contributed by atoms with Crippen molar-refractivity contribution in [2.75, 3.05) is 134 Å². The lowest BCUT2D eigenvalue weighted by Crippen LogP contribution is -2.53. The highest BCUT2D eigenvalue weighted by molar-refractivity contribution is 5.83. The number of aliphatic carboxylic acids is 2. The van der Waals surface area contributed by atoms with Crippen LogP contribution in [0.5, 0.6) is 0 Å². The number of likely N-dealkylation sites (tertiary alicyclic amines) is 3. The SMILES string of the molecule is CC(=O)COC(=O)C1CN(C(=O)OCc2ccccc2)C1.Cc1coc(C2CN(C(=O)OCc3ccccc3)C2)n1.Cc1coc(C2CN(c3c4c(nc5ccnn35)CCN(C(=O)OC(C)(C)C)CC4)C2)n1.Cc1coc(C2CN(c3c4c(nc5ccnn35)CCNCC4)C2)n1.Cc1coc(C2CNC2)n1.O=C(O)C1CN(C(=O)OCc2ccccc2)C1.O=C(O)C1CNC1. The molecule has 11 aromatic rings. The normalized spacial score (nSPS) is 16.7. The molecule has 0 aliphatic carbocycles. The van der Waals surface area contributed by atoms with E-state index in [1.54, 1.807) is 41.0 Å². The van der Waals surface area contributed by atoms with Gasteiger partial charge in [0.15, 0.2) is 23.0 Å². The van der Waals surface area contributed by atoms with Crippen LogP contribution in [0.4, 0.5) is 30.8 Å². The molecular weight excluding hydrogens is 1680 g/mol. The highest BCUT2D eigenvalue weighted by Gasteiger charge is 2.42. The maximum absolute atomic E-state index is 12.6. The quantitative estimate of drug-likeness (QED) is 0.0418. The van der Waals surface area contributed by atoms with Gasteiger partial charge in [-0.2, -0.15) is 19.2 Å². The Morgan fingerprint density at radius 3 is 1.18 bits per heavy atom. The topological polar surface area (TPSA) is 443 Å². The van der Waals surface area contributed by atoms with Crippen LogP contribution in [-0.4, -0.2) is 257 Å². The van der Waals surface area contributed by atoms with Crippen molar-refractivity contribution in [1.29, 1.82) is 0 Å². The Kier molecular flexibility index (Phi) is 30.6. The summed E-state index contributed by atoms with van der Waals surface area (Å²) in [4.78, 5) is 128. The average molecular weight is 1790 g/mol. The summed E-state index contributed by atoms with van der Waals surface area (Å²) in [6, 6.07) is 32.3. The Morgan fingerprint density at radius 1 is 0.415 bits per heavy atom. The molecule has 0 saturated carbocycles. The van der Waals surface area contributed by atoms with E-state index in [9.17, 15) is 38.4 Å². The molecule has 8 aromatic heterocycles. The highest BCUT2D eigenvalue weighted by Crippen LogP contribution is 2.38. The van der Waals surface area contributed by atoms with Gasteiger partial charge in [-0.25, -0.2) is 49.1 Å². The largest absolute Gasteiger partial charge is 0.481 e. The second-order valence-electron chi connectivity index (χ2n) is 34.3. The number of fused-ring (bicyclic) bond motifs is 4. The van der Waals surface area contributed by atoms with Gasteiger partial charge >= 0.3 is 42.3 Å². The van der Waals surface area contributed by atoms with Crippen LogP contribution in [0.2, 0.25) is 0 Å². The zero-order chi connectivity index (χ0) is 91.5. The zero-order valence-corrected chi connectivity index (χ0v) is 74.2.